The van der Waals surface area contributed by atoms with Gasteiger partial charge in [0, 0.05) is 18.6 Å². The highest BCUT2D eigenvalue weighted by Gasteiger charge is 2.22. The Morgan fingerprint density at radius 2 is 2.00 bits per heavy atom. The number of carbonyl (C=O) groups excluding carboxylic acids is 2. The fraction of sp³-hybridized carbons (Fsp3) is 0.429. The number of methoxy groups -OCH3 is 2. The maximum atomic E-state index is 12.4. The molecule has 0 N–H and O–H groups in total. The molecule has 110 valence electrons. The van der Waals surface area contributed by atoms with Crippen LogP contribution < -0.4 is 4.74 Å². The van der Waals surface area contributed by atoms with Crippen molar-refractivity contribution in [1.82, 2.24) is 4.90 Å². The second-order valence-electron chi connectivity index (χ2n) is 4.45. The number of rotatable bonds is 5. The molecule has 0 fully saturated rings. The minimum Gasteiger partial charge on any atom is -0.496 e. The standard InChI is InChI=1S/C14H18ClNO4/c1-9(14(18)20-4)8-16(2)13(17)11-7-10(15)5-6-12(11)19-3/h5-7,9H,8H2,1-4H3. The maximum absolute atomic E-state index is 12.4. The summed E-state index contributed by atoms with van der Waals surface area (Å²) in [6, 6.07) is 4.82. The minimum atomic E-state index is -0.404. The van der Waals surface area contributed by atoms with Crippen LogP contribution in [0.4, 0.5) is 0 Å². The Labute approximate surface area is 123 Å². The van der Waals surface area contributed by atoms with E-state index in [0.717, 1.165) is 0 Å². The van der Waals surface area contributed by atoms with Crippen LogP contribution in [-0.4, -0.2) is 44.6 Å². The van der Waals surface area contributed by atoms with Gasteiger partial charge in [0.25, 0.3) is 5.91 Å². The van der Waals surface area contributed by atoms with Crippen LogP contribution in [0.15, 0.2) is 18.2 Å². The SMILES string of the molecule is COC(=O)C(C)CN(C)C(=O)c1cc(Cl)ccc1OC. The molecule has 0 bridgehead atoms. The first-order chi connectivity index (χ1) is 9.40. The van der Waals surface area contributed by atoms with Crippen molar-refractivity contribution in [3.8, 4) is 5.75 Å². The summed E-state index contributed by atoms with van der Waals surface area (Å²) < 4.78 is 9.79. The first-order valence-corrected chi connectivity index (χ1v) is 6.45. The summed E-state index contributed by atoms with van der Waals surface area (Å²) >= 11 is 5.90. The summed E-state index contributed by atoms with van der Waals surface area (Å²) in [5.41, 5.74) is 0.361. The Bertz CT molecular complexity index is 504. The van der Waals surface area contributed by atoms with Crippen LogP contribution in [0.3, 0.4) is 0 Å². The van der Waals surface area contributed by atoms with E-state index in [1.165, 1.54) is 19.1 Å². The summed E-state index contributed by atoms with van der Waals surface area (Å²) in [4.78, 5) is 25.2. The van der Waals surface area contributed by atoms with E-state index in [-0.39, 0.29) is 18.4 Å². The van der Waals surface area contributed by atoms with Crippen LogP contribution in [0.1, 0.15) is 17.3 Å². The van der Waals surface area contributed by atoms with E-state index in [4.69, 9.17) is 16.3 Å². The van der Waals surface area contributed by atoms with Gasteiger partial charge in [0.15, 0.2) is 0 Å². The topological polar surface area (TPSA) is 55.8 Å². The lowest BCUT2D eigenvalue weighted by molar-refractivity contribution is -0.145. The van der Waals surface area contributed by atoms with E-state index in [2.05, 4.69) is 4.74 Å². The second kappa shape index (κ2) is 7.14. The van der Waals surface area contributed by atoms with Crippen LogP contribution >= 0.6 is 11.6 Å². The predicted octanol–water partition coefficient (Wildman–Crippen LogP) is 2.23. The molecule has 1 rings (SSSR count). The van der Waals surface area contributed by atoms with Crippen LogP contribution in [0.5, 0.6) is 5.75 Å². The molecule has 1 unspecified atom stereocenters. The van der Waals surface area contributed by atoms with Gasteiger partial charge in [0.05, 0.1) is 25.7 Å². The van der Waals surface area contributed by atoms with Gasteiger partial charge in [0.2, 0.25) is 0 Å². The molecule has 5 nitrogen and oxygen atoms in total. The van der Waals surface area contributed by atoms with E-state index < -0.39 is 5.92 Å². The van der Waals surface area contributed by atoms with Crippen molar-refractivity contribution >= 4 is 23.5 Å². The van der Waals surface area contributed by atoms with Crippen molar-refractivity contribution in [2.24, 2.45) is 5.92 Å². The fourth-order valence-corrected chi connectivity index (χ4v) is 1.99. The van der Waals surface area contributed by atoms with Crippen molar-refractivity contribution in [3.63, 3.8) is 0 Å². The van der Waals surface area contributed by atoms with Crippen LogP contribution in [0.25, 0.3) is 0 Å². The zero-order valence-electron chi connectivity index (χ0n) is 12.0. The molecule has 0 heterocycles. The zero-order chi connectivity index (χ0) is 15.3. The van der Waals surface area contributed by atoms with Crippen molar-refractivity contribution in [3.05, 3.63) is 28.8 Å². The number of nitrogens with zero attached hydrogens (tertiary/aromatic N) is 1. The van der Waals surface area contributed by atoms with Crippen molar-refractivity contribution in [2.75, 3.05) is 27.8 Å². The van der Waals surface area contributed by atoms with Gasteiger partial charge in [-0.1, -0.05) is 18.5 Å². The Morgan fingerprint density at radius 3 is 2.55 bits per heavy atom. The first kappa shape index (κ1) is 16.3. The number of ether oxygens (including phenoxy) is 2. The van der Waals surface area contributed by atoms with Crippen LogP contribution in [0, 0.1) is 5.92 Å². The van der Waals surface area contributed by atoms with Gasteiger partial charge in [-0.3, -0.25) is 9.59 Å². The number of esters is 1. The zero-order valence-corrected chi connectivity index (χ0v) is 12.7. The van der Waals surface area contributed by atoms with Gasteiger partial charge in [-0.15, -0.1) is 0 Å². The molecule has 1 amide bonds. The Hall–Kier alpha value is -1.75. The number of hydrogen-bond donors (Lipinski definition) is 0. The van der Waals surface area contributed by atoms with Gasteiger partial charge in [0.1, 0.15) is 5.75 Å². The third kappa shape index (κ3) is 3.87. The third-order valence-electron chi connectivity index (χ3n) is 2.89. The number of hydrogen-bond acceptors (Lipinski definition) is 4. The molecule has 0 saturated carbocycles. The lowest BCUT2D eigenvalue weighted by Gasteiger charge is -2.21. The van der Waals surface area contributed by atoms with Gasteiger partial charge in [-0.2, -0.15) is 0 Å². The molecule has 1 aromatic rings. The second-order valence-corrected chi connectivity index (χ2v) is 4.89. The lowest BCUT2D eigenvalue weighted by Crippen LogP contribution is -2.34. The van der Waals surface area contributed by atoms with E-state index in [1.807, 2.05) is 0 Å². The van der Waals surface area contributed by atoms with Gasteiger partial charge >= 0.3 is 5.97 Å². The van der Waals surface area contributed by atoms with E-state index >= 15 is 0 Å². The quantitative estimate of drug-likeness (QED) is 0.782. The average molecular weight is 300 g/mol. The van der Waals surface area contributed by atoms with Crippen LogP contribution in [-0.2, 0) is 9.53 Å². The van der Waals surface area contributed by atoms with Gasteiger partial charge in [-0.05, 0) is 18.2 Å². The minimum absolute atomic E-state index is 0.251. The fourth-order valence-electron chi connectivity index (χ4n) is 1.82. The molecule has 0 spiro atoms. The number of halogens is 1. The van der Waals surface area contributed by atoms with Crippen molar-refractivity contribution < 1.29 is 19.1 Å². The van der Waals surface area contributed by atoms with E-state index in [1.54, 1.807) is 32.2 Å². The summed E-state index contributed by atoms with van der Waals surface area (Å²) in [5, 5.41) is 0.448. The van der Waals surface area contributed by atoms with Crippen LogP contribution in [0.2, 0.25) is 5.02 Å². The molecule has 0 saturated heterocycles. The van der Waals surface area contributed by atoms with Crippen molar-refractivity contribution in [2.45, 2.75) is 6.92 Å². The highest BCUT2D eigenvalue weighted by Crippen LogP contribution is 2.24. The van der Waals surface area contributed by atoms with Crippen molar-refractivity contribution in [1.29, 1.82) is 0 Å². The number of amides is 1. The molecule has 0 aliphatic rings. The Kier molecular flexibility index (Phi) is 5.82. The summed E-state index contributed by atoms with van der Waals surface area (Å²) in [5.74, 6) is -0.584. The first-order valence-electron chi connectivity index (χ1n) is 6.07. The largest absolute Gasteiger partial charge is 0.496 e. The highest BCUT2D eigenvalue weighted by molar-refractivity contribution is 6.31. The summed E-state index contributed by atoms with van der Waals surface area (Å²) in [6.07, 6.45) is 0. The molecule has 0 radical (unpaired) electrons. The summed E-state index contributed by atoms with van der Waals surface area (Å²) in [7, 11) is 4.42. The van der Waals surface area contributed by atoms with Gasteiger partial charge in [-0.25, -0.2) is 0 Å². The smallest absolute Gasteiger partial charge is 0.310 e. The molecule has 0 aliphatic carbocycles. The molecule has 0 aliphatic heterocycles. The molecule has 6 heteroatoms. The number of carbonyl (C=O) groups is 2. The molecule has 20 heavy (non-hydrogen) atoms. The maximum Gasteiger partial charge on any atom is 0.310 e. The predicted molar refractivity (Wildman–Crippen MR) is 76.1 cm³/mol. The Balaban J connectivity index is 2.89. The number of benzene rings is 1. The monoisotopic (exact) mass is 299 g/mol. The molecule has 1 atom stereocenters. The lowest BCUT2D eigenvalue weighted by atomic mass is 10.1. The average Bonchev–Trinajstić information content (AvgIpc) is 2.45. The summed E-state index contributed by atoms with van der Waals surface area (Å²) in [6.45, 7) is 1.95. The van der Waals surface area contributed by atoms with Gasteiger partial charge < -0.3 is 14.4 Å². The normalized spacial score (nSPS) is 11.7. The van der Waals surface area contributed by atoms with E-state index in [0.29, 0.717) is 16.3 Å². The van der Waals surface area contributed by atoms with E-state index in [9.17, 15) is 9.59 Å². The molecule has 1 aromatic carbocycles. The molecule has 0 aromatic heterocycles. The molecular weight excluding hydrogens is 282 g/mol. The Morgan fingerprint density at radius 1 is 1.35 bits per heavy atom. The third-order valence-corrected chi connectivity index (χ3v) is 3.13. The molecular formula is C14H18ClNO4. The highest BCUT2D eigenvalue weighted by atomic mass is 35.5.